The number of halogens is 2. The fourth-order valence-corrected chi connectivity index (χ4v) is 3.55. The molecule has 1 aliphatic heterocycles. The van der Waals surface area contributed by atoms with Crippen molar-refractivity contribution in [2.75, 3.05) is 12.3 Å². The van der Waals surface area contributed by atoms with Crippen molar-refractivity contribution in [1.82, 2.24) is 0 Å². The third-order valence-corrected chi connectivity index (χ3v) is 4.72. The molecule has 1 atom stereocenters. The largest absolute Gasteiger partial charge is 0.329 e. The predicted octanol–water partition coefficient (Wildman–Crippen LogP) is 2.73. The Hall–Kier alpha value is -0.610. The van der Waals surface area contributed by atoms with Crippen LogP contribution in [0.1, 0.15) is 18.4 Å². The van der Waals surface area contributed by atoms with Crippen LogP contribution in [0.2, 0.25) is 0 Å². The van der Waals surface area contributed by atoms with Gasteiger partial charge in [-0.15, -0.1) is 0 Å². The summed E-state index contributed by atoms with van der Waals surface area (Å²) in [4.78, 5) is 0. The fraction of sp³-hybridized carbons (Fsp3) is 0.500. The molecule has 0 radical (unpaired) electrons. The number of benzene rings is 1. The van der Waals surface area contributed by atoms with Crippen LogP contribution in [0.5, 0.6) is 0 Å². The highest BCUT2D eigenvalue weighted by Gasteiger charge is 2.34. The average molecular weight is 243 g/mol. The average Bonchev–Trinajstić information content (AvgIpc) is 2.74. The zero-order valence-corrected chi connectivity index (χ0v) is 9.83. The Bertz CT molecular complexity index is 375. The van der Waals surface area contributed by atoms with Crippen molar-refractivity contribution in [3.8, 4) is 0 Å². The first kappa shape index (κ1) is 11.9. The summed E-state index contributed by atoms with van der Waals surface area (Å²) in [5.74, 6) is -0.427. The molecule has 0 amide bonds. The van der Waals surface area contributed by atoms with Gasteiger partial charge in [-0.2, -0.15) is 11.8 Å². The lowest BCUT2D eigenvalue weighted by molar-refractivity contribution is 0.483. The molecular formula is C12H15F2NS. The number of hydrogen-bond acceptors (Lipinski definition) is 2. The van der Waals surface area contributed by atoms with Crippen molar-refractivity contribution in [1.29, 1.82) is 0 Å². The molecule has 1 nitrogen and oxygen atoms in total. The molecule has 0 bridgehead atoms. The molecule has 1 fully saturated rings. The van der Waals surface area contributed by atoms with Gasteiger partial charge >= 0.3 is 0 Å². The highest BCUT2D eigenvalue weighted by atomic mass is 32.2. The lowest BCUT2D eigenvalue weighted by Crippen LogP contribution is -2.34. The summed E-state index contributed by atoms with van der Waals surface area (Å²) in [6.07, 6.45) is 2.63. The van der Waals surface area contributed by atoms with Gasteiger partial charge in [-0.1, -0.05) is 12.1 Å². The van der Waals surface area contributed by atoms with Crippen molar-refractivity contribution < 1.29 is 8.78 Å². The fourth-order valence-electron chi connectivity index (χ4n) is 2.16. The topological polar surface area (TPSA) is 26.0 Å². The summed E-state index contributed by atoms with van der Waals surface area (Å²) in [6, 6.07) is 4.35. The van der Waals surface area contributed by atoms with E-state index in [0.29, 0.717) is 18.5 Å². The Balaban J connectivity index is 2.22. The van der Waals surface area contributed by atoms with Crippen LogP contribution in [-0.2, 0) is 6.42 Å². The Morgan fingerprint density at radius 2 is 2.19 bits per heavy atom. The van der Waals surface area contributed by atoms with Crippen LogP contribution < -0.4 is 5.73 Å². The van der Waals surface area contributed by atoms with Crippen LogP contribution in [0.25, 0.3) is 0 Å². The van der Waals surface area contributed by atoms with Crippen LogP contribution >= 0.6 is 11.8 Å². The third kappa shape index (κ3) is 2.23. The van der Waals surface area contributed by atoms with E-state index in [1.165, 1.54) is 0 Å². The molecule has 0 aliphatic carbocycles. The molecule has 0 spiro atoms. The van der Waals surface area contributed by atoms with Gasteiger partial charge in [-0.25, -0.2) is 8.78 Å². The molecule has 1 unspecified atom stereocenters. The lowest BCUT2D eigenvalue weighted by atomic mass is 9.94. The van der Waals surface area contributed by atoms with Crippen molar-refractivity contribution >= 4 is 11.8 Å². The van der Waals surface area contributed by atoms with Crippen molar-refractivity contribution in [3.63, 3.8) is 0 Å². The highest BCUT2D eigenvalue weighted by Crippen LogP contribution is 2.40. The van der Waals surface area contributed by atoms with Crippen molar-refractivity contribution in [3.05, 3.63) is 35.4 Å². The molecule has 2 rings (SSSR count). The molecule has 0 aromatic heterocycles. The molecule has 1 saturated heterocycles. The first-order valence-electron chi connectivity index (χ1n) is 5.44. The lowest BCUT2D eigenvalue weighted by Gasteiger charge is -2.26. The van der Waals surface area contributed by atoms with Crippen LogP contribution in [0.4, 0.5) is 8.78 Å². The standard InChI is InChI=1S/C12H15F2NS/c13-10-4-1-3-9(11(10)14)7-12(8-15)5-2-6-16-12/h1,3-4H,2,5-8,15H2. The van der Waals surface area contributed by atoms with E-state index in [1.807, 2.05) is 0 Å². The molecule has 1 heterocycles. The molecule has 0 saturated carbocycles. The summed E-state index contributed by atoms with van der Waals surface area (Å²) in [5, 5.41) is 0. The van der Waals surface area contributed by atoms with Gasteiger partial charge in [0.2, 0.25) is 0 Å². The summed E-state index contributed by atoms with van der Waals surface area (Å²) in [7, 11) is 0. The first-order valence-corrected chi connectivity index (χ1v) is 6.42. The van der Waals surface area contributed by atoms with Crippen LogP contribution in [0, 0.1) is 11.6 Å². The Morgan fingerprint density at radius 1 is 1.38 bits per heavy atom. The number of rotatable bonds is 3. The molecular weight excluding hydrogens is 228 g/mol. The summed E-state index contributed by atoms with van der Waals surface area (Å²) < 4.78 is 26.5. The zero-order chi connectivity index (χ0) is 11.6. The van der Waals surface area contributed by atoms with E-state index < -0.39 is 11.6 Å². The van der Waals surface area contributed by atoms with Gasteiger partial charge in [0.15, 0.2) is 11.6 Å². The predicted molar refractivity (Wildman–Crippen MR) is 63.5 cm³/mol. The SMILES string of the molecule is NCC1(Cc2cccc(F)c2F)CCCS1. The van der Waals surface area contributed by atoms with E-state index in [-0.39, 0.29) is 4.75 Å². The van der Waals surface area contributed by atoms with E-state index in [2.05, 4.69) is 0 Å². The number of thioether (sulfide) groups is 1. The second-order valence-corrected chi connectivity index (χ2v) is 5.79. The first-order chi connectivity index (χ1) is 7.67. The second-order valence-electron chi connectivity index (χ2n) is 4.23. The molecule has 1 aromatic carbocycles. The minimum Gasteiger partial charge on any atom is -0.329 e. The summed E-state index contributed by atoms with van der Waals surface area (Å²) in [6.45, 7) is 0.521. The zero-order valence-electron chi connectivity index (χ0n) is 9.01. The quantitative estimate of drug-likeness (QED) is 0.883. The third-order valence-electron chi connectivity index (χ3n) is 3.10. The Kier molecular flexibility index (Phi) is 3.50. The molecule has 1 aliphatic rings. The van der Waals surface area contributed by atoms with Gasteiger partial charge in [0.1, 0.15) is 0 Å². The van der Waals surface area contributed by atoms with Gasteiger partial charge in [0.25, 0.3) is 0 Å². The van der Waals surface area contributed by atoms with Gasteiger partial charge in [0.05, 0.1) is 0 Å². The van der Waals surface area contributed by atoms with E-state index in [9.17, 15) is 8.78 Å². The maximum absolute atomic E-state index is 13.5. The summed E-state index contributed by atoms with van der Waals surface area (Å²) in [5.41, 5.74) is 6.21. The molecule has 1 aromatic rings. The second kappa shape index (κ2) is 4.72. The van der Waals surface area contributed by atoms with Crippen molar-refractivity contribution in [2.24, 2.45) is 5.73 Å². The van der Waals surface area contributed by atoms with E-state index in [0.717, 1.165) is 24.7 Å². The molecule has 2 N–H and O–H groups in total. The maximum atomic E-state index is 13.5. The van der Waals surface area contributed by atoms with E-state index >= 15 is 0 Å². The van der Waals surface area contributed by atoms with Crippen LogP contribution in [0.15, 0.2) is 18.2 Å². The maximum Gasteiger partial charge on any atom is 0.162 e. The smallest absolute Gasteiger partial charge is 0.162 e. The van der Waals surface area contributed by atoms with Crippen LogP contribution in [-0.4, -0.2) is 17.0 Å². The molecule has 88 valence electrons. The van der Waals surface area contributed by atoms with E-state index in [4.69, 9.17) is 5.73 Å². The van der Waals surface area contributed by atoms with Gasteiger partial charge < -0.3 is 5.73 Å². The van der Waals surface area contributed by atoms with Crippen LogP contribution in [0.3, 0.4) is 0 Å². The highest BCUT2D eigenvalue weighted by molar-refractivity contribution is 8.00. The normalized spacial score (nSPS) is 24.9. The van der Waals surface area contributed by atoms with E-state index in [1.54, 1.807) is 23.9 Å². The van der Waals surface area contributed by atoms with Gasteiger partial charge in [-0.05, 0) is 36.6 Å². The molecule has 16 heavy (non-hydrogen) atoms. The Morgan fingerprint density at radius 3 is 2.81 bits per heavy atom. The number of hydrogen-bond donors (Lipinski definition) is 1. The van der Waals surface area contributed by atoms with Crippen molar-refractivity contribution in [2.45, 2.75) is 24.0 Å². The van der Waals surface area contributed by atoms with Gasteiger partial charge in [-0.3, -0.25) is 0 Å². The summed E-state index contributed by atoms with van der Waals surface area (Å²) >= 11 is 1.79. The Labute approximate surface area is 98.4 Å². The minimum absolute atomic E-state index is 0.0887. The molecule has 4 heteroatoms. The minimum atomic E-state index is -0.771. The number of nitrogens with two attached hydrogens (primary N) is 1. The van der Waals surface area contributed by atoms with Gasteiger partial charge in [0, 0.05) is 11.3 Å². The monoisotopic (exact) mass is 243 g/mol.